The van der Waals surface area contributed by atoms with Crippen LogP contribution in [0.25, 0.3) is 12.2 Å². The number of H-pyrrole nitrogens is 1. The summed E-state index contributed by atoms with van der Waals surface area (Å²) in [6.07, 6.45) is 3.90. The fourth-order valence-electron chi connectivity index (χ4n) is 1.71. The zero-order valence-corrected chi connectivity index (χ0v) is 10.8. The minimum absolute atomic E-state index is 0.491. The Morgan fingerprint density at radius 2 is 1.94 bits per heavy atom. The number of hydrogen-bond donors (Lipinski definition) is 1. The van der Waals surface area contributed by atoms with Crippen molar-refractivity contribution in [2.75, 3.05) is 0 Å². The maximum absolute atomic E-state index is 9.12. The molecule has 2 nitrogen and oxygen atoms in total. The number of pyridine rings is 1. The van der Waals surface area contributed by atoms with Gasteiger partial charge in [-0.25, -0.2) is 0 Å². The lowest BCUT2D eigenvalue weighted by Crippen LogP contribution is -1.90. The highest BCUT2D eigenvalue weighted by atomic mass is 32.1. The van der Waals surface area contributed by atoms with Crippen LogP contribution in [0.3, 0.4) is 0 Å². The molecule has 0 radical (unpaired) electrons. The molecule has 0 saturated carbocycles. The molecule has 2 rings (SSSR count). The lowest BCUT2D eigenvalue weighted by Gasteiger charge is -2.01. The number of nitriles is 1. The van der Waals surface area contributed by atoms with E-state index in [-0.39, 0.29) is 0 Å². The molecule has 0 fully saturated rings. The van der Waals surface area contributed by atoms with Crippen molar-refractivity contribution < 1.29 is 0 Å². The van der Waals surface area contributed by atoms with Gasteiger partial charge in [0.05, 0.1) is 5.56 Å². The number of nitrogens with zero attached hydrogens (tertiary/aromatic N) is 1. The highest BCUT2D eigenvalue weighted by molar-refractivity contribution is 7.71. The van der Waals surface area contributed by atoms with E-state index in [1.54, 1.807) is 0 Å². The van der Waals surface area contributed by atoms with Gasteiger partial charge in [-0.2, -0.15) is 5.26 Å². The molecular formula is C15H12N2S. The molecule has 0 amide bonds. The Balaban J connectivity index is 2.44. The van der Waals surface area contributed by atoms with Crippen LogP contribution in [0.4, 0.5) is 0 Å². The molecule has 1 N–H and O–H groups in total. The van der Waals surface area contributed by atoms with E-state index in [1.165, 1.54) is 0 Å². The molecule has 1 aromatic heterocycles. The van der Waals surface area contributed by atoms with Crippen LogP contribution in [0, 0.1) is 22.9 Å². The van der Waals surface area contributed by atoms with Crippen molar-refractivity contribution in [1.82, 2.24) is 4.98 Å². The number of rotatable bonds is 2. The first-order chi connectivity index (χ1) is 8.70. The van der Waals surface area contributed by atoms with Crippen molar-refractivity contribution in [1.29, 1.82) is 5.26 Å². The fourth-order valence-corrected chi connectivity index (χ4v) is 2.04. The SMILES string of the molecule is Cc1cc(/C=C/c2ccccc2)c(C#N)c(=S)[nH]1. The van der Waals surface area contributed by atoms with E-state index in [4.69, 9.17) is 17.5 Å². The van der Waals surface area contributed by atoms with E-state index in [1.807, 2.05) is 55.5 Å². The van der Waals surface area contributed by atoms with E-state index in [0.29, 0.717) is 10.2 Å². The largest absolute Gasteiger partial charge is 0.349 e. The van der Waals surface area contributed by atoms with Crippen LogP contribution in [0.5, 0.6) is 0 Å². The van der Waals surface area contributed by atoms with Crippen molar-refractivity contribution in [2.45, 2.75) is 6.92 Å². The third-order valence-electron chi connectivity index (χ3n) is 2.57. The Morgan fingerprint density at radius 1 is 1.22 bits per heavy atom. The highest BCUT2D eigenvalue weighted by Crippen LogP contribution is 2.14. The third-order valence-corrected chi connectivity index (χ3v) is 2.87. The van der Waals surface area contributed by atoms with Gasteiger partial charge in [0.2, 0.25) is 0 Å². The quantitative estimate of drug-likeness (QED) is 0.817. The van der Waals surface area contributed by atoms with Gasteiger partial charge in [-0.15, -0.1) is 0 Å². The molecule has 0 bridgehead atoms. The topological polar surface area (TPSA) is 39.6 Å². The minimum Gasteiger partial charge on any atom is -0.349 e. The van der Waals surface area contributed by atoms with Crippen molar-refractivity contribution >= 4 is 24.4 Å². The summed E-state index contributed by atoms with van der Waals surface area (Å²) in [7, 11) is 0. The van der Waals surface area contributed by atoms with Crippen molar-refractivity contribution in [3.05, 3.63) is 63.4 Å². The highest BCUT2D eigenvalue weighted by Gasteiger charge is 2.02. The van der Waals surface area contributed by atoms with Crippen LogP contribution in [0.1, 0.15) is 22.4 Å². The Hall–Kier alpha value is -2.18. The van der Waals surface area contributed by atoms with Crippen LogP contribution >= 0.6 is 12.2 Å². The van der Waals surface area contributed by atoms with Gasteiger partial charge in [-0.05, 0) is 24.1 Å². The molecule has 2 aromatic rings. The first kappa shape index (κ1) is 12.3. The Labute approximate surface area is 111 Å². The van der Waals surface area contributed by atoms with Crippen molar-refractivity contribution in [3.63, 3.8) is 0 Å². The standard InChI is InChI=1S/C15H12N2S/c1-11-9-13(14(10-16)15(18)17-11)8-7-12-5-3-2-4-6-12/h2-9H,1H3,(H,17,18)/b8-7+. The second-order valence-corrected chi connectivity index (χ2v) is 4.38. The summed E-state index contributed by atoms with van der Waals surface area (Å²) in [6, 6.07) is 14.0. The number of aromatic amines is 1. The average Bonchev–Trinajstić information content (AvgIpc) is 2.37. The smallest absolute Gasteiger partial charge is 0.122 e. The Kier molecular flexibility index (Phi) is 3.71. The van der Waals surface area contributed by atoms with Crippen molar-refractivity contribution in [3.8, 4) is 6.07 Å². The first-order valence-corrected chi connectivity index (χ1v) is 5.98. The van der Waals surface area contributed by atoms with Crippen LogP contribution < -0.4 is 0 Å². The molecule has 0 atom stereocenters. The fraction of sp³-hybridized carbons (Fsp3) is 0.0667. The third kappa shape index (κ3) is 2.73. The molecule has 1 heterocycles. The van der Waals surface area contributed by atoms with Gasteiger partial charge in [0.15, 0.2) is 0 Å². The summed E-state index contributed by atoms with van der Waals surface area (Å²) in [5.74, 6) is 0. The van der Waals surface area contributed by atoms with E-state index in [0.717, 1.165) is 16.8 Å². The zero-order chi connectivity index (χ0) is 13.0. The lowest BCUT2D eigenvalue weighted by molar-refractivity contribution is 1.16. The minimum atomic E-state index is 0.491. The molecule has 0 aliphatic rings. The van der Waals surface area contributed by atoms with Crippen LogP contribution in [-0.2, 0) is 0 Å². The lowest BCUT2D eigenvalue weighted by atomic mass is 10.1. The van der Waals surface area contributed by atoms with Gasteiger partial charge in [-0.1, -0.05) is 54.7 Å². The molecule has 0 unspecified atom stereocenters. The molecular weight excluding hydrogens is 240 g/mol. The van der Waals surface area contributed by atoms with E-state index >= 15 is 0 Å². The average molecular weight is 252 g/mol. The second-order valence-electron chi connectivity index (χ2n) is 3.97. The van der Waals surface area contributed by atoms with Gasteiger partial charge in [0.1, 0.15) is 10.7 Å². The van der Waals surface area contributed by atoms with Crippen LogP contribution in [0.2, 0.25) is 0 Å². The molecule has 0 aliphatic heterocycles. The van der Waals surface area contributed by atoms with E-state index in [9.17, 15) is 0 Å². The molecule has 0 spiro atoms. The van der Waals surface area contributed by atoms with E-state index in [2.05, 4.69) is 11.1 Å². The number of benzene rings is 1. The number of hydrogen-bond acceptors (Lipinski definition) is 2. The molecule has 3 heteroatoms. The number of aromatic nitrogens is 1. The first-order valence-electron chi connectivity index (χ1n) is 5.58. The predicted octanol–water partition coefficient (Wildman–Crippen LogP) is 4.09. The monoisotopic (exact) mass is 252 g/mol. The molecule has 18 heavy (non-hydrogen) atoms. The summed E-state index contributed by atoms with van der Waals surface area (Å²) in [5.41, 5.74) is 3.41. The maximum Gasteiger partial charge on any atom is 0.122 e. The summed E-state index contributed by atoms with van der Waals surface area (Å²) < 4.78 is 0.491. The molecule has 1 aromatic carbocycles. The predicted molar refractivity (Wildman–Crippen MR) is 76.4 cm³/mol. The molecule has 0 saturated heterocycles. The zero-order valence-electron chi connectivity index (χ0n) is 9.97. The Morgan fingerprint density at radius 3 is 2.61 bits per heavy atom. The van der Waals surface area contributed by atoms with Gasteiger partial charge < -0.3 is 4.98 Å². The van der Waals surface area contributed by atoms with Gasteiger partial charge in [0.25, 0.3) is 0 Å². The van der Waals surface area contributed by atoms with Gasteiger partial charge >= 0.3 is 0 Å². The van der Waals surface area contributed by atoms with Gasteiger partial charge in [0, 0.05) is 5.69 Å². The Bertz CT molecular complexity index is 676. The normalized spacial score (nSPS) is 10.4. The number of aryl methyl sites for hydroxylation is 1. The second kappa shape index (κ2) is 5.44. The summed E-state index contributed by atoms with van der Waals surface area (Å²) in [6.45, 7) is 1.93. The summed E-state index contributed by atoms with van der Waals surface area (Å²) in [5, 5.41) is 9.12. The van der Waals surface area contributed by atoms with Crippen molar-refractivity contribution in [2.24, 2.45) is 0 Å². The van der Waals surface area contributed by atoms with Gasteiger partial charge in [-0.3, -0.25) is 0 Å². The molecule has 88 valence electrons. The van der Waals surface area contributed by atoms with Crippen LogP contribution in [0.15, 0.2) is 36.4 Å². The molecule has 0 aliphatic carbocycles. The number of nitrogens with one attached hydrogen (secondary N) is 1. The van der Waals surface area contributed by atoms with Crippen LogP contribution in [-0.4, -0.2) is 4.98 Å². The maximum atomic E-state index is 9.12. The summed E-state index contributed by atoms with van der Waals surface area (Å²) in [4.78, 5) is 2.99. The summed E-state index contributed by atoms with van der Waals surface area (Å²) >= 11 is 5.15. The van der Waals surface area contributed by atoms with E-state index < -0.39 is 0 Å².